The number of halogens is 2. The molecule has 2 rings (SSSR count). The number of aromatic amines is 1. The standard InChI is InChI=1S/C11H17Br2N2O14P3/c1-5-3-15(10(18)14-9(5)17)8-2-6(16)7(27-8)4-26-31(22,23)29-32(24,25)28-11(12,13)30(19,20)21/h3,6-8,16H,2,4H2,1H3,(H,22,23)(H,24,25)(H,14,17,18)(H2,19,20,21)/t6-,7+,8+/m0/s1. The minimum absolute atomic E-state index is 0.171. The van der Waals surface area contributed by atoms with E-state index in [-0.39, 0.29) is 12.0 Å². The van der Waals surface area contributed by atoms with Crippen molar-refractivity contribution in [1.82, 2.24) is 9.55 Å². The minimum atomic E-state index is -5.59. The van der Waals surface area contributed by atoms with Crippen molar-refractivity contribution in [2.45, 2.75) is 34.9 Å². The van der Waals surface area contributed by atoms with E-state index in [4.69, 9.17) is 14.5 Å². The quantitative estimate of drug-likeness (QED) is 0.155. The van der Waals surface area contributed by atoms with Crippen LogP contribution in [0, 0.1) is 6.92 Å². The van der Waals surface area contributed by atoms with Gasteiger partial charge in [0.15, 0.2) is 0 Å². The van der Waals surface area contributed by atoms with Crippen LogP contribution in [0.4, 0.5) is 0 Å². The van der Waals surface area contributed by atoms with Gasteiger partial charge >= 0.3 is 28.9 Å². The number of hydrogen-bond acceptors (Lipinski definition) is 10. The fourth-order valence-corrected chi connectivity index (χ4v) is 6.18. The van der Waals surface area contributed by atoms with Crippen LogP contribution in [-0.4, -0.2) is 56.2 Å². The molecule has 1 saturated heterocycles. The number of H-pyrrole nitrogens is 1. The summed E-state index contributed by atoms with van der Waals surface area (Å²) in [6.07, 6.45) is -2.67. The van der Waals surface area contributed by atoms with E-state index < -0.39 is 62.7 Å². The van der Waals surface area contributed by atoms with E-state index in [0.717, 1.165) is 4.57 Å². The third-order valence-electron chi connectivity index (χ3n) is 3.83. The Bertz CT molecular complexity index is 1110. The molecule has 1 aliphatic rings. The first-order valence-electron chi connectivity index (χ1n) is 8.15. The number of nitrogens with one attached hydrogen (secondary N) is 1. The predicted octanol–water partition coefficient (Wildman–Crippen LogP) is 0.323. The number of aliphatic hydroxyl groups is 1. The van der Waals surface area contributed by atoms with Crippen LogP contribution in [0.25, 0.3) is 0 Å². The second-order valence-electron chi connectivity index (χ2n) is 6.35. The Morgan fingerprint density at radius 1 is 1.22 bits per heavy atom. The summed E-state index contributed by atoms with van der Waals surface area (Å²) >= 11 is 4.59. The lowest BCUT2D eigenvalue weighted by Crippen LogP contribution is -2.33. The number of aryl methyl sites for hydroxylation is 1. The van der Waals surface area contributed by atoms with E-state index in [1.807, 2.05) is 4.98 Å². The number of nitrogens with zero attached hydrogens (tertiary/aromatic N) is 1. The van der Waals surface area contributed by atoms with E-state index in [9.17, 15) is 38.2 Å². The molecule has 5 atom stereocenters. The summed E-state index contributed by atoms with van der Waals surface area (Å²) in [5.74, 6) is 0. The number of phosphoric ester groups is 2. The second kappa shape index (κ2) is 9.91. The average molecular weight is 654 g/mol. The highest BCUT2D eigenvalue weighted by atomic mass is 79.9. The SMILES string of the molecule is Cc1cn([C@H]2C[C@H](O)[C@@H](COP(=O)(O)OP(=O)(O)OC(Br)(Br)P(=O)(O)O)O2)c(=O)[nH]c1=O. The van der Waals surface area contributed by atoms with E-state index in [1.54, 1.807) is 0 Å². The first-order valence-corrected chi connectivity index (χ1v) is 14.3. The summed E-state index contributed by atoms with van der Waals surface area (Å²) in [7, 11) is -16.2. The average Bonchev–Trinajstić information content (AvgIpc) is 2.94. The number of aliphatic hydroxyl groups excluding tert-OH is 1. The fourth-order valence-electron chi connectivity index (χ4n) is 2.37. The van der Waals surface area contributed by atoms with Crippen LogP contribution in [0.1, 0.15) is 18.2 Å². The topological polar surface area (TPSA) is 244 Å². The molecule has 2 heterocycles. The Morgan fingerprint density at radius 2 is 1.81 bits per heavy atom. The molecule has 0 aliphatic carbocycles. The normalized spacial score (nSPS) is 25.9. The summed E-state index contributed by atoms with van der Waals surface area (Å²) in [5, 5.41) is 10.1. The molecule has 0 amide bonds. The number of aromatic nitrogens is 2. The van der Waals surface area contributed by atoms with Crippen molar-refractivity contribution in [3.63, 3.8) is 0 Å². The van der Waals surface area contributed by atoms with Gasteiger partial charge in [-0.2, -0.15) is 4.31 Å². The first kappa shape index (κ1) is 28.2. The molecular weight excluding hydrogens is 637 g/mol. The molecule has 0 saturated carbocycles. The molecule has 0 bridgehead atoms. The summed E-state index contributed by atoms with van der Waals surface area (Å²) in [4.78, 5) is 62.6. The van der Waals surface area contributed by atoms with Gasteiger partial charge in [0, 0.05) is 18.2 Å². The lowest BCUT2D eigenvalue weighted by Gasteiger charge is -2.25. The molecule has 21 heteroatoms. The largest absolute Gasteiger partial charge is 0.483 e. The van der Waals surface area contributed by atoms with E-state index in [1.165, 1.54) is 13.1 Å². The maximum absolute atomic E-state index is 12.0. The number of alkyl halides is 2. The van der Waals surface area contributed by atoms with Gasteiger partial charge in [-0.25, -0.2) is 18.4 Å². The van der Waals surface area contributed by atoms with Crippen LogP contribution < -0.4 is 11.2 Å². The van der Waals surface area contributed by atoms with Crippen LogP contribution >= 0.6 is 55.1 Å². The van der Waals surface area contributed by atoms with Crippen LogP contribution in [0.2, 0.25) is 0 Å². The van der Waals surface area contributed by atoms with Crippen LogP contribution in [0.3, 0.4) is 0 Å². The van der Waals surface area contributed by atoms with Crippen molar-refractivity contribution < 1.29 is 56.5 Å². The predicted molar refractivity (Wildman–Crippen MR) is 111 cm³/mol. The van der Waals surface area contributed by atoms with Crippen LogP contribution in [-0.2, 0) is 31.8 Å². The zero-order chi connectivity index (χ0) is 24.7. The van der Waals surface area contributed by atoms with Gasteiger partial charge in [0.2, 0.25) is 0 Å². The molecule has 1 aromatic heterocycles. The molecule has 6 N–H and O–H groups in total. The Balaban J connectivity index is 2.03. The van der Waals surface area contributed by atoms with Crippen LogP contribution in [0.5, 0.6) is 0 Å². The van der Waals surface area contributed by atoms with Gasteiger partial charge in [0.05, 0.1) is 12.7 Å². The molecule has 1 aromatic rings. The second-order valence-corrected chi connectivity index (χ2v) is 15.6. The lowest BCUT2D eigenvalue weighted by molar-refractivity contribution is -0.0451. The smallest absolute Gasteiger partial charge is 0.390 e. The molecule has 0 aromatic carbocycles. The minimum Gasteiger partial charge on any atom is -0.390 e. The van der Waals surface area contributed by atoms with E-state index in [0.29, 0.717) is 0 Å². The summed E-state index contributed by atoms with van der Waals surface area (Å²) in [6.45, 7) is 0.561. The molecule has 1 aliphatic heterocycles. The summed E-state index contributed by atoms with van der Waals surface area (Å²) in [5.41, 5.74) is -1.26. The Morgan fingerprint density at radius 3 is 2.38 bits per heavy atom. The molecule has 1 fully saturated rings. The Hall–Kier alpha value is -0.0300. The Kier molecular flexibility index (Phi) is 8.74. The third kappa shape index (κ3) is 7.23. The van der Waals surface area contributed by atoms with Gasteiger partial charge in [-0.3, -0.25) is 23.4 Å². The van der Waals surface area contributed by atoms with Crippen molar-refractivity contribution in [3.8, 4) is 0 Å². The highest BCUT2D eigenvalue weighted by Crippen LogP contribution is 2.69. The highest BCUT2D eigenvalue weighted by molar-refractivity contribution is 9.27. The molecule has 16 nitrogen and oxygen atoms in total. The molecule has 0 radical (unpaired) electrons. The maximum Gasteiger partial charge on any atom is 0.483 e. The summed E-state index contributed by atoms with van der Waals surface area (Å²) < 4.78 is 51.0. The molecule has 0 spiro atoms. The third-order valence-corrected chi connectivity index (χ3v) is 11.0. The van der Waals surface area contributed by atoms with Gasteiger partial charge in [0.25, 0.3) is 8.72 Å². The van der Waals surface area contributed by atoms with Gasteiger partial charge < -0.3 is 29.4 Å². The van der Waals surface area contributed by atoms with Crippen molar-refractivity contribution in [1.29, 1.82) is 0 Å². The van der Waals surface area contributed by atoms with Crippen molar-refractivity contribution in [2.24, 2.45) is 0 Å². The van der Waals surface area contributed by atoms with Gasteiger partial charge in [-0.15, -0.1) is 0 Å². The zero-order valence-electron chi connectivity index (χ0n) is 15.7. The fraction of sp³-hybridized carbons (Fsp3) is 0.636. The highest BCUT2D eigenvalue weighted by Gasteiger charge is 2.51. The Labute approximate surface area is 195 Å². The number of phosphoric acid groups is 2. The molecule has 32 heavy (non-hydrogen) atoms. The van der Waals surface area contributed by atoms with Crippen molar-refractivity contribution >= 4 is 55.1 Å². The number of rotatable bonds is 9. The molecular formula is C11H17Br2N2O14P3. The monoisotopic (exact) mass is 652 g/mol. The van der Waals surface area contributed by atoms with Crippen molar-refractivity contribution in [2.75, 3.05) is 6.61 Å². The number of ether oxygens (including phenoxy) is 1. The maximum atomic E-state index is 12.0. The summed E-state index contributed by atoms with van der Waals surface area (Å²) in [6, 6.07) is 0. The van der Waals surface area contributed by atoms with E-state index in [2.05, 4.69) is 45.2 Å². The van der Waals surface area contributed by atoms with Crippen molar-refractivity contribution in [3.05, 3.63) is 32.6 Å². The van der Waals surface area contributed by atoms with Gasteiger partial charge in [-0.05, 0) is 38.8 Å². The zero-order valence-corrected chi connectivity index (χ0v) is 21.5. The molecule has 2 unspecified atom stereocenters. The van der Waals surface area contributed by atoms with Crippen LogP contribution in [0.15, 0.2) is 15.8 Å². The lowest BCUT2D eigenvalue weighted by atomic mass is 10.2. The van der Waals surface area contributed by atoms with Gasteiger partial charge in [0.1, 0.15) is 12.3 Å². The molecule has 184 valence electrons. The van der Waals surface area contributed by atoms with Gasteiger partial charge in [-0.1, -0.05) is 0 Å². The number of hydrogen-bond donors (Lipinski definition) is 6. The van der Waals surface area contributed by atoms with E-state index >= 15 is 0 Å². The first-order chi connectivity index (χ1) is 14.3.